The average Bonchev–Trinajstić information content (AvgIpc) is 2.75. The van der Waals surface area contributed by atoms with Crippen LogP contribution in [0.3, 0.4) is 0 Å². The Morgan fingerprint density at radius 2 is 1.45 bits per heavy atom. The van der Waals surface area contributed by atoms with Gasteiger partial charge in [0.25, 0.3) is 0 Å². The third-order valence-electron chi connectivity index (χ3n) is 5.03. The highest BCUT2D eigenvalue weighted by Gasteiger charge is 2.12. The zero-order valence-electron chi connectivity index (χ0n) is 18.3. The molecule has 1 atom stereocenters. The van der Waals surface area contributed by atoms with Gasteiger partial charge in [0.05, 0.1) is 12.2 Å². The first-order valence-electron chi connectivity index (χ1n) is 11.1. The smallest absolute Gasteiger partial charge is 0.338 e. The van der Waals surface area contributed by atoms with Crippen LogP contribution in [0, 0.1) is 0 Å². The van der Waals surface area contributed by atoms with Crippen LogP contribution in [0.15, 0.2) is 48.5 Å². The molecular weight excluding hydrogens is 360 g/mol. The van der Waals surface area contributed by atoms with E-state index in [1.54, 1.807) is 0 Å². The van der Waals surface area contributed by atoms with Crippen LogP contribution in [0.5, 0.6) is 0 Å². The van der Waals surface area contributed by atoms with Crippen LogP contribution in [-0.4, -0.2) is 25.3 Å². The quantitative estimate of drug-likeness (QED) is 0.275. The van der Waals surface area contributed by atoms with Crippen molar-refractivity contribution in [1.29, 1.82) is 0 Å². The zero-order valence-corrected chi connectivity index (χ0v) is 18.3. The SMILES string of the molecule is CCCCCCc1ccc(-c2ccc(C(=O)OC(C)COCCCC)cc2)cc1. The molecule has 0 aliphatic heterocycles. The van der Waals surface area contributed by atoms with E-state index >= 15 is 0 Å². The predicted molar refractivity (Wildman–Crippen MR) is 120 cm³/mol. The molecule has 0 radical (unpaired) electrons. The molecule has 0 amide bonds. The third kappa shape index (κ3) is 8.41. The van der Waals surface area contributed by atoms with E-state index in [0.29, 0.717) is 18.8 Å². The van der Waals surface area contributed by atoms with Crippen LogP contribution < -0.4 is 0 Å². The van der Waals surface area contributed by atoms with E-state index in [-0.39, 0.29) is 12.1 Å². The Labute approximate surface area is 176 Å². The van der Waals surface area contributed by atoms with Crippen LogP contribution in [0.1, 0.15) is 75.2 Å². The van der Waals surface area contributed by atoms with Crippen molar-refractivity contribution in [2.75, 3.05) is 13.2 Å². The van der Waals surface area contributed by atoms with Gasteiger partial charge in [-0.05, 0) is 55.0 Å². The molecule has 1 unspecified atom stereocenters. The van der Waals surface area contributed by atoms with Gasteiger partial charge in [0.2, 0.25) is 0 Å². The van der Waals surface area contributed by atoms with Gasteiger partial charge in [-0.1, -0.05) is 75.9 Å². The van der Waals surface area contributed by atoms with Crippen molar-refractivity contribution in [3.05, 3.63) is 59.7 Å². The Bertz CT molecular complexity index is 704. The maximum Gasteiger partial charge on any atom is 0.338 e. The molecular formula is C26H36O3. The van der Waals surface area contributed by atoms with Crippen molar-refractivity contribution in [2.45, 2.75) is 71.8 Å². The summed E-state index contributed by atoms with van der Waals surface area (Å²) < 4.78 is 11.0. The number of esters is 1. The van der Waals surface area contributed by atoms with Crippen molar-refractivity contribution in [3.8, 4) is 11.1 Å². The van der Waals surface area contributed by atoms with Gasteiger partial charge in [-0.3, -0.25) is 0 Å². The molecule has 2 aromatic carbocycles. The molecule has 0 saturated heterocycles. The van der Waals surface area contributed by atoms with Gasteiger partial charge < -0.3 is 9.47 Å². The summed E-state index contributed by atoms with van der Waals surface area (Å²) in [7, 11) is 0. The Hall–Kier alpha value is -2.13. The number of hydrogen-bond acceptors (Lipinski definition) is 3. The second-order valence-corrected chi connectivity index (χ2v) is 7.73. The van der Waals surface area contributed by atoms with Gasteiger partial charge in [-0.15, -0.1) is 0 Å². The van der Waals surface area contributed by atoms with Crippen molar-refractivity contribution in [1.82, 2.24) is 0 Å². The molecule has 3 heteroatoms. The summed E-state index contributed by atoms with van der Waals surface area (Å²) in [6.07, 6.45) is 8.18. The summed E-state index contributed by atoms with van der Waals surface area (Å²) in [5.74, 6) is -0.300. The highest BCUT2D eigenvalue weighted by atomic mass is 16.6. The van der Waals surface area contributed by atoms with E-state index in [2.05, 4.69) is 38.1 Å². The molecule has 0 aromatic heterocycles. The minimum Gasteiger partial charge on any atom is -0.457 e. The maximum absolute atomic E-state index is 12.3. The first kappa shape index (κ1) is 23.2. The molecule has 3 nitrogen and oxygen atoms in total. The molecule has 0 N–H and O–H groups in total. The normalized spacial score (nSPS) is 12.0. The largest absolute Gasteiger partial charge is 0.457 e. The molecule has 2 rings (SSSR count). The number of benzene rings is 2. The molecule has 2 aromatic rings. The number of ether oxygens (including phenoxy) is 2. The first-order valence-corrected chi connectivity index (χ1v) is 11.1. The Morgan fingerprint density at radius 1 is 0.828 bits per heavy atom. The lowest BCUT2D eigenvalue weighted by molar-refractivity contribution is 0.00169. The maximum atomic E-state index is 12.3. The first-order chi connectivity index (χ1) is 14.1. The minimum absolute atomic E-state index is 0.246. The predicted octanol–water partition coefficient (Wildman–Crippen LogP) is 6.84. The van der Waals surface area contributed by atoms with Gasteiger partial charge in [0, 0.05) is 6.61 Å². The van der Waals surface area contributed by atoms with Crippen molar-refractivity contribution >= 4 is 5.97 Å². The monoisotopic (exact) mass is 396 g/mol. The average molecular weight is 397 g/mol. The van der Waals surface area contributed by atoms with E-state index in [0.717, 1.165) is 24.8 Å². The van der Waals surface area contributed by atoms with Gasteiger partial charge in [0.1, 0.15) is 6.10 Å². The number of aryl methyl sites for hydroxylation is 1. The Kier molecular flexibility index (Phi) is 10.5. The van der Waals surface area contributed by atoms with Gasteiger partial charge in [-0.25, -0.2) is 4.79 Å². The molecule has 0 fully saturated rings. The van der Waals surface area contributed by atoms with Crippen LogP contribution in [0.4, 0.5) is 0 Å². The molecule has 0 aliphatic rings. The highest BCUT2D eigenvalue weighted by Crippen LogP contribution is 2.21. The molecule has 0 aliphatic carbocycles. The fraction of sp³-hybridized carbons (Fsp3) is 0.500. The van der Waals surface area contributed by atoms with Crippen molar-refractivity contribution in [3.63, 3.8) is 0 Å². The molecule has 0 saturated carbocycles. The molecule has 0 bridgehead atoms. The number of carbonyl (C=O) groups excluding carboxylic acids is 1. The fourth-order valence-corrected chi connectivity index (χ4v) is 3.20. The summed E-state index contributed by atoms with van der Waals surface area (Å²) in [6.45, 7) is 7.38. The molecule has 0 spiro atoms. The number of hydrogen-bond donors (Lipinski definition) is 0. The second-order valence-electron chi connectivity index (χ2n) is 7.73. The fourth-order valence-electron chi connectivity index (χ4n) is 3.20. The lowest BCUT2D eigenvalue weighted by Crippen LogP contribution is -2.20. The van der Waals surface area contributed by atoms with E-state index in [1.165, 1.54) is 36.8 Å². The second kappa shape index (κ2) is 13.2. The summed E-state index contributed by atoms with van der Waals surface area (Å²) in [4.78, 5) is 12.3. The van der Waals surface area contributed by atoms with Gasteiger partial charge in [0.15, 0.2) is 0 Å². The van der Waals surface area contributed by atoms with E-state index in [9.17, 15) is 4.79 Å². The third-order valence-corrected chi connectivity index (χ3v) is 5.03. The Balaban J connectivity index is 1.85. The standard InChI is InChI=1S/C26H36O3/c1-4-6-8-9-10-22-11-13-23(14-12-22)24-15-17-25(18-16-24)26(27)29-21(3)20-28-19-7-5-2/h11-18,21H,4-10,19-20H2,1-3H3. The zero-order chi connectivity index (χ0) is 20.9. The van der Waals surface area contributed by atoms with E-state index < -0.39 is 0 Å². The number of unbranched alkanes of at least 4 members (excludes halogenated alkanes) is 4. The number of carbonyl (C=O) groups is 1. The van der Waals surface area contributed by atoms with Crippen LogP contribution in [-0.2, 0) is 15.9 Å². The molecule has 29 heavy (non-hydrogen) atoms. The number of rotatable bonds is 13. The Morgan fingerprint density at radius 3 is 2.07 bits per heavy atom. The van der Waals surface area contributed by atoms with Crippen molar-refractivity contribution in [2.24, 2.45) is 0 Å². The lowest BCUT2D eigenvalue weighted by Gasteiger charge is -2.14. The van der Waals surface area contributed by atoms with Gasteiger partial charge >= 0.3 is 5.97 Å². The topological polar surface area (TPSA) is 35.5 Å². The molecule has 158 valence electrons. The molecule has 0 heterocycles. The van der Waals surface area contributed by atoms with Crippen LogP contribution in [0.25, 0.3) is 11.1 Å². The summed E-state index contributed by atoms with van der Waals surface area (Å²) in [6, 6.07) is 16.4. The van der Waals surface area contributed by atoms with Gasteiger partial charge in [-0.2, -0.15) is 0 Å². The van der Waals surface area contributed by atoms with Crippen LogP contribution in [0.2, 0.25) is 0 Å². The summed E-state index contributed by atoms with van der Waals surface area (Å²) in [5.41, 5.74) is 4.23. The lowest BCUT2D eigenvalue weighted by atomic mass is 10.0. The van der Waals surface area contributed by atoms with E-state index in [1.807, 2.05) is 31.2 Å². The summed E-state index contributed by atoms with van der Waals surface area (Å²) in [5, 5.41) is 0. The summed E-state index contributed by atoms with van der Waals surface area (Å²) >= 11 is 0. The van der Waals surface area contributed by atoms with E-state index in [4.69, 9.17) is 9.47 Å². The van der Waals surface area contributed by atoms with Crippen molar-refractivity contribution < 1.29 is 14.3 Å². The minimum atomic E-state index is -0.300. The highest BCUT2D eigenvalue weighted by molar-refractivity contribution is 5.90. The van der Waals surface area contributed by atoms with Crippen LogP contribution >= 0.6 is 0 Å².